The van der Waals surface area contributed by atoms with Crippen molar-refractivity contribution in [1.82, 2.24) is 0 Å². The number of nitro groups is 1. The molecule has 4 heteroatoms. The molecule has 0 N–H and O–H groups in total. The fourth-order valence-electron chi connectivity index (χ4n) is 6.54. The van der Waals surface area contributed by atoms with Crippen molar-refractivity contribution in [2.24, 2.45) is 17.8 Å². The minimum atomic E-state index is -0.210. The Kier molecular flexibility index (Phi) is 3.78. The van der Waals surface area contributed by atoms with Gasteiger partial charge in [-0.25, -0.2) is 0 Å². The largest absolute Gasteiger partial charge is 0.339 e. The highest BCUT2D eigenvalue weighted by Gasteiger charge is 2.51. The Morgan fingerprint density at radius 1 is 0.963 bits per heavy atom. The summed E-state index contributed by atoms with van der Waals surface area (Å²) in [6, 6.07) is 15.9. The summed E-state index contributed by atoms with van der Waals surface area (Å²) in [4.78, 5) is 13.6. The molecule has 4 aliphatic rings. The molecule has 2 aromatic rings. The number of hydrogen-bond donors (Lipinski definition) is 0. The van der Waals surface area contributed by atoms with Crippen molar-refractivity contribution >= 4 is 17.1 Å². The van der Waals surface area contributed by atoms with E-state index < -0.39 is 0 Å². The first-order valence-electron chi connectivity index (χ1n) is 10.1. The molecule has 0 aliphatic heterocycles. The fraction of sp³-hybridized carbons (Fsp3) is 0.478. The van der Waals surface area contributed by atoms with Crippen molar-refractivity contribution in [1.29, 1.82) is 0 Å². The van der Waals surface area contributed by atoms with E-state index in [4.69, 9.17) is 0 Å². The normalized spacial score (nSPS) is 31.1. The fourth-order valence-corrected chi connectivity index (χ4v) is 6.54. The zero-order valence-electron chi connectivity index (χ0n) is 15.8. The van der Waals surface area contributed by atoms with E-state index in [9.17, 15) is 10.1 Å². The van der Waals surface area contributed by atoms with Crippen LogP contribution in [0.3, 0.4) is 0 Å². The summed E-state index contributed by atoms with van der Waals surface area (Å²) in [7, 11) is 1.90. The van der Waals surface area contributed by atoms with E-state index in [-0.39, 0.29) is 16.0 Å². The highest BCUT2D eigenvalue weighted by atomic mass is 16.6. The molecular formula is C23H26N2O2. The first-order chi connectivity index (χ1) is 13.0. The molecule has 4 nitrogen and oxygen atoms in total. The van der Waals surface area contributed by atoms with E-state index in [1.54, 1.807) is 0 Å². The topological polar surface area (TPSA) is 46.4 Å². The maximum Gasteiger partial charge on any atom is 0.293 e. The maximum atomic E-state index is 11.9. The van der Waals surface area contributed by atoms with Crippen LogP contribution in [0.2, 0.25) is 0 Å². The molecule has 4 bridgehead atoms. The Balaban J connectivity index is 1.55. The summed E-state index contributed by atoms with van der Waals surface area (Å²) in [6.07, 6.45) is 7.83. The first-order valence-corrected chi connectivity index (χ1v) is 10.1. The summed E-state index contributed by atoms with van der Waals surface area (Å²) >= 11 is 0. The monoisotopic (exact) mass is 362 g/mol. The number of nitrogens with zero attached hydrogens (tertiary/aromatic N) is 2. The molecule has 0 heterocycles. The molecule has 0 amide bonds. The number of rotatable bonds is 4. The number of para-hydroxylation sites is 1. The Bertz CT molecular complexity index is 842. The van der Waals surface area contributed by atoms with Crippen LogP contribution in [0.25, 0.3) is 0 Å². The highest BCUT2D eigenvalue weighted by Crippen LogP contribution is 2.61. The molecular weight excluding hydrogens is 336 g/mol. The van der Waals surface area contributed by atoms with Crippen molar-refractivity contribution in [2.75, 3.05) is 11.9 Å². The van der Waals surface area contributed by atoms with Crippen LogP contribution in [0.5, 0.6) is 0 Å². The molecule has 4 fully saturated rings. The number of anilines is 2. The summed E-state index contributed by atoms with van der Waals surface area (Å²) in [5.74, 6) is 2.51. The molecule has 4 aliphatic carbocycles. The number of hydrogen-bond acceptors (Lipinski definition) is 3. The molecule has 0 spiro atoms. The van der Waals surface area contributed by atoms with E-state index in [2.05, 4.69) is 6.07 Å². The van der Waals surface area contributed by atoms with E-state index in [0.717, 1.165) is 23.4 Å². The van der Waals surface area contributed by atoms with E-state index >= 15 is 0 Å². The van der Waals surface area contributed by atoms with E-state index in [0.29, 0.717) is 5.69 Å². The Morgan fingerprint density at radius 2 is 1.56 bits per heavy atom. The molecule has 0 atom stereocenters. The second-order valence-electron chi connectivity index (χ2n) is 9.05. The van der Waals surface area contributed by atoms with Gasteiger partial charge in [-0.2, -0.15) is 0 Å². The van der Waals surface area contributed by atoms with Crippen LogP contribution in [0.1, 0.15) is 44.1 Å². The van der Waals surface area contributed by atoms with Crippen molar-refractivity contribution in [3.8, 4) is 0 Å². The zero-order chi connectivity index (χ0) is 18.6. The van der Waals surface area contributed by atoms with Crippen molar-refractivity contribution in [2.45, 2.75) is 43.9 Å². The van der Waals surface area contributed by atoms with Crippen LogP contribution in [-0.4, -0.2) is 12.0 Å². The number of nitro benzene ring substituents is 1. The molecule has 0 unspecified atom stereocenters. The van der Waals surface area contributed by atoms with Gasteiger partial charge in [0.2, 0.25) is 0 Å². The first kappa shape index (κ1) is 16.8. The second kappa shape index (κ2) is 6.08. The third-order valence-electron chi connectivity index (χ3n) is 7.33. The van der Waals surface area contributed by atoms with Gasteiger partial charge < -0.3 is 4.90 Å². The second-order valence-corrected chi connectivity index (χ2v) is 9.05. The molecule has 6 rings (SSSR count). The van der Waals surface area contributed by atoms with Gasteiger partial charge in [0.05, 0.1) is 4.92 Å². The lowest BCUT2D eigenvalue weighted by atomic mass is 9.48. The van der Waals surface area contributed by atoms with Crippen molar-refractivity contribution in [3.63, 3.8) is 0 Å². The highest BCUT2D eigenvalue weighted by molar-refractivity contribution is 5.72. The van der Waals surface area contributed by atoms with Gasteiger partial charge in [0.15, 0.2) is 0 Å². The van der Waals surface area contributed by atoms with Crippen LogP contribution in [0.4, 0.5) is 17.1 Å². The molecule has 0 saturated heterocycles. The van der Waals surface area contributed by atoms with Gasteiger partial charge in [-0.1, -0.05) is 24.3 Å². The summed E-state index contributed by atoms with van der Waals surface area (Å²) in [6.45, 7) is 0. The number of benzene rings is 2. The van der Waals surface area contributed by atoms with Gasteiger partial charge in [-0.15, -0.1) is 0 Å². The van der Waals surface area contributed by atoms with Crippen LogP contribution in [-0.2, 0) is 5.41 Å². The van der Waals surface area contributed by atoms with Gasteiger partial charge in [0.1, 0.15) is 5.69 Å². The van der Waals surface area contributed by atoms with E-state index in [1.165, 1.54) is 44.1 Å². The molecule has 2 aromatic carbocycles. The standard InChI is InChI=1S/C23H26N2O2/c1-24(20-5-3-2-4-6-20)21-8-7-19(12-22(21)25(26)27)23-13-16-9-17(14-23)11-18(10-16)15-23/h2-8,12,16-18H,9-11,13-15H2,1H3. The maximum absolute atomic E-state index is 11.9. The summed E-state index contributed by atoms with van der Waals surface area (Å²) in [5, 5.41) is 11.9. The lowest BCUT2D eigenvalue weighted by molar-refractivity contribution is -0.384. The molecule has 27 heavy (non-hydrogen) atoms. The SMILES string of the molecule is CN(c1ccccc1)c1ccc(C23CC4CC(CC(C4)C2)C3)cc1[N+](=O)[O-]. The van der Waals surface area contributed by atoms with Crippen LogP contribution in [0, 0.1) is 27.9 Å². The van der Waals surface area contributed by atoms with Crippen LogP contribution in [0.15, 0.2) is 48.5 Å². The summed E-state index contributed by atoms with van der Waals surface area (Å²) < 4.78 is 0. The zero-order valence-corrected chi connectivity index (χ0v) is 15.8. The molecule has 0 aromatic heterocycles. The third-order valence-corrected chi connectivity index (χ3v) is 7.33. The molecule has 4 saturated carbocycles. The van der Waals surface area contributed by atoms with Gasteiger partial charge in [-0.05, 0) is 85.5 Å². The summed E-state index contributed by atoms with van der Waals surface area (Å²) in [5.41, 5.74) is 3.25. The van der Waals surface area contributed by atoms with Gasteiger partial charge in [-0.3, -0.25) is 10.1 Å². The Labute approximate surface area is 160 Å². The lowest BCUT2D eigenvalue weighted by Gasteiger charge is -2.57. The Hall–Kier alpha value is -2.36. The predicted octanol–water partition coefficient (Wildman–Crippen LogP) is 5.83. The van der Waals surface area contributed by atoms with Gasteiger partial charge >= 0.3 is 0 Å². The smallest absolute Gasteiger partial charge is 0.293 e. The van der Waals surface area contributed by atoms with E-state index in [1.807, 2.05) is 54.4 Å². The third kappa shape index (κ3) is 2.73. The predicted molar refractivity (Wildman–Crippen MR) is 107 cm³/mol. The lowest BCUT2D eigenvalue weighted by Crippen LogP contribution is -2.48. The molecule has 0 radical (unpaired) electrons. The minimum absolute atomic E-state index is 0.184. The average Bonchev–Trinajstić information content (AvgIpc) is 2.66. The average molecular weight is 362 g/mol. The van der Waals surface area contributed by atoms with Gasteiger partial charge in [0, 0.05) is 18.8 Å². The van der Waals surface area contributed by atoms with Gasteiger partial charge in [0.25, 0.3) is 5.69 Å². The van der Waals surface area contributed by atoms with Crippen molar-refractivity contribution in [3.05, 3.63) is 64.2 Å². The van der Waals surface area contributed by atoms with Crippen molar-refractivity contribution < 1.29 is 4.92 Å². The molecule has 140 valence electrons. The quantitative estimate of drug-likeness (QED) is 0.508. The van der Waals surface area contributed by atoms with Crippen LogP contribution >= 0.6 is 0 Å². The Morgan fingerprint density at radius 3 is 2.11 bits per heavy atom. The van der Waals surface area contributed by atoms with Crippen LogP contribution < -0.4 is 4.90 Å². The minimum Gasteiger partial charge on any atom is -0.339 e.